The average molecular weight is 215 g/mol. The number of thioether (sulfide) groups is 1. The minimum atomic E-state index is 0.228. The lowest BCUT2D eigenvalue weighted by Gasteiger charge is -2.01. The molecule has 5 heteroatoms. The van der Waals surface area contributed by atoms with Gasteiger partial charge < -0.3 is 10.8 Å². The first-order valence-electron chi connectivity index (χ1n) is 4.75. The average Bonchev–Trinajstić information content (AvgIpc) is 2.45. The number of aliphatic hydroxyl groups is 1. The summed E-state index contributed by atoms with van der Waals surface area (Å²) in [5, 5.41) is 14.0. The van der Waals surface area contributed by atoms with Crippen molar-refractivity contribution >= 4 is 17.4 Å². The van der Waals surface area contributed by atoms with Crippen LogP contribution in [0.3, 0.4) is 0 Å². The number of nitrogens with two attached hydrogens (primary N) is 1. The van der Waals surface area contributed by atoms with Gasteiger partial charge in [-0.15, -0.1) is 11.8 Å². The van der Waals surface area contributed by atoms with Gasteiger partial charge in [-0.2, -0.15) is 5.10 Å². The molecule has 0 aromatic carbocycles. The largest absolute Gasteiger partial charge is 0.396 e. The number of aromatic nitrogens is 2. The number of rotatable bonds is 5. The summed E-state index contributed by atoms with van der Waals surface area (Å²) in [7, 11) is 1.90. The van der Waals surface area contributed by atoms with Gasteiger partial charge >= 0.3 is 0 Å². The van der Waals surface area contributed by atoms with E-state index in [0.717, 1.165) is 35.0 Å². The highest BCUT2D eigenvalue weighted by Crippen LogP contribution is 2.27. The summed E-state index contributed by atoms with van der Waals surface area (Å²) in [6, 6.07) is 0. The van der Waals surface area contributed by atoms with Gasteiger partial charge in [0.1, 0.15) is 5.03 Å². The Balaban J connectivity index is 2.70. The first-order chi connectivity index (χ1) is 6.70. The molecule has 0 unspecified atom stereocenters. The van der Waals surface area contributed by atoms with E-state index in [9.17, 15) is 0 Å². The molecule has 0 aliphatic rings. The van der Waals surface area contributed by atoms with E-state index >= 15 is 0 Å². The number of nitrogen functional groups attached to an aromatic ring is 1. The van der Waals surface area contributed by atoms with Crippen molar-refractivity contribution in [2.45, 2.75) is 24.8 Å². The molecular formula is C9H17N3OS. The molecule has 0 spiro atoms. The van der Waals surface area contributed by atoms with Crippen LogP contribution in [-0.2, 0) is 13.5 Å². The van der Waals surface area contributed by atoms with E-state index in [1.807, 2.05) is 18.7 Å². The predicted molar refractivity (Wildman–Crippen MR) is 59.4 cm³/mol. The molecule has 0 atom stereocenters. The highest BCUT2D eigenvalue weighted by atomic mass is 32.2. The van der Waals surface area contributed by atoms with E-state index in [0.29, 0.717) is 0 Å². The van der Waals surface area contributed by atoms with Gasteiger partial charge in [0.15, 0.2) is 0 Å². The highest BCUT2D eigenvalue weighted by molar-refractivity contribution is 7.99. The molecule has 1 heterocycles. The van der Waals surface area contributed by atoms with Crippen molar-refractivity contribution < 1.29 is 5.11 Å². The Hall–Kier alpha value is -0.680. The van der Waals surface area contributed by atoms with Crippen LogP contribution in [0.2, 0.25) is 0 Å². The quantitative estimate of drug-likeness (QED) is 0.569. The summed E-state index contributed by atoms with van der Waals surface area (Å²) in [6.07, 6.45) is 1.65. The molecule has 0 aliphatic carbocycles. The summed E-state index contributed by atoms with van der Waals surface area (Å²) in [4.78, 5) is 0. The molecule has 0 bridgehead atoms. The van der Waals surface area contributed by atoms with E-state index in [2.05, 4.69) is 5.10 Å². The second-order valence-corrected chi connectivity index (χ2v) is 4.15. The monoisotopic (exact) mass is 215 g/mol. The molecule has 14 heavy (non-hydrogen) atoms. The van der Waals surface area contributed by atoms with Crippen LogP contribution in [0.15, 0.2) is 5.03 Å². The summed E-state index contributed by atoms with van der Waals surface area (Å²) < 4.78 is 1.82. The maximum absolute atomic E-state index is 8.67. The molecule has 0 saturated carbocycles. The van der Waals surface area contributed by atoms with Gasteiger partial charge in [-0.25, -0.2) is 0 Å². The van der Waals surface area contributed by atoms with Crippen LogP contribution in [0.5, 0.6) is 0 Å². The maximum atomic E-state index is 8.67. The Labute approximate surface area is 88.5 Å². The number of aryl methyl sites for hydroxylation is 2. The summed E-state index contributed by atoms with van der Waals surface area (Å²) in [6.45, 7) is 2.27. The molecule has 4 nitrogen and oxygen atoms in total. The first kappa shape index (κ1) is 11.4. The highest BCUT2D eigenvalue weighted by Gasteiger charge is 2.11. The van der Waals surface area contributed by atoms with Crippen LogP contribution in [0.1, 0.15) is 19.0 Å². The lowest BCUT2D eigenvalue weighted by atomic mass is 10.3. The van der Waals surface area contributed by atoms with E-state index < -0.39 is 0 Å². The van der Waals surface area contributed by atoms with Crippen LogP contribution < -0.4 is 5.73 Å². The van der Waals surface area contributed by atoms with Crippen molar-refractivity contribution in [3.05, 3.63) is 5.69 Å². The van der Waals surface area contributed by atoms with Crippen LogP contribution in [0.4, 0.5) is 5.69 Å². The SMILES string of the molecule is CCc1nn(C)c(SCCCO)c1N. The molecule has 1 rings (SSSR count). The van der Waals surface area contributed by atoms with E-state index in [-0.39, 0.29) is 6.61 Å². The molecule has 0 saturated heterocycles. The number of nitrogens with zero attached hydrogens (tertiary/aromatic N) is 2. The fourth-order valence-electron chi connectivity index (χ4n) is 1.24. The zero-order valence-electron chi connectivity index (χ0n) is 8.66. The minimum absolute atomic E-state index is 0.228. The molecule has 0 radical (unpaired) electrons. The standard InChI is InChI=1S/C9H17N3OS/c1-3-7-8(10)9(12(2)11-7)14-6-4-5-13/h13H,3-6,10H2,1-2H3. The van der Waals surface area contributed by atoms with Crippen molar-refractivity contribution in [1.82, 2.24) is 9.78 Å². The summed E-state index contributed by atoms with van der Waals surface area (Å²) in [5.41, 5.74) is 7.68. The lowest BCUT2D eigenvalue weighted by molar-refractivity contribution is 0.296. The third-order valence-electron chi connectivity index (χ3n) is 1.98. The van der Waals surface area contributed by atoms with Crippen LogP contribution in [0.25, 0.3) is 0 Å². The number of hydrogen-bond donors (Lipinski definition) is 2. The molecule has 3 N–H and O–H groups in total. The molecule has 1 aromatic heterocycles. The summed E-state index contributed by atoms with van der Waals surface area (Å²) in [5.74, 6) is 0.878. The molecular weight excluding hydrogens is 198 g/mol. The van der Waals surface area contributed by atoms with Crippen molar-refractivity contribution in [1.29, 1.82) is 0 Å². The van der Waals surface area contributed by atoms with Crippen LogP contribution in [0, 0.1) is 0 Å². The normalized spacial score (nSPS) is 10.8. The Morgan fingerprint density at radius 3 is 2.79 bits per heavy atom. The van der Waals surface area contributed by atoms with Crippen LogP contribution >= 0.6 is 11.8 Å². The molecule has 1 aromatic rings. The lowest BCUT2D eigenvalue weighted by Crippen LogP contribution is -1.95. The minimum Gasteiger partial charge on any atom is -0.396 e. The van der Waals surface area contributed by atoms with Crippen LogP contribution in [-0.4, -0.2) is 27.2 Å². The Morgan fingerprint density at radius 2 is 2.29 bits per heavy atom. The first-order valence-corrected chi connectivity index (χ1v) is 5.74. The topological polar surface area (TPSA) is 64.1 Å². The Morgan fingerprint density at radius 1 is 1.57 bits per heavy atom. The van der Waals surface area contributed by atoms with Gasteiger partial charge in [0.25, 0.3) is 0 Å². The van der Waals surface area contributed by atoms with Gasteiger partial charge in [0.2, 0.25) is 0 Å². The third kappa shape index (κ3) is 2.42. The number of hydrogen-bond acceptors (Lipinski definition) is 4. The van der Waals surface area contributed by atoms with Gasteiger partial charge in [-0.3, -0.25) is 4.68 Å². The van der Waals surface area contributed by atoms with Gasteiger partial charge in [0, 0.05) is 19.4 Å². The zero-order valence-corrected chi connectivity index (χ0v) is 9.47. The number of aliphatic hydroxyl groups excluding tert-OH is 1. The fourth-order valence-corrected chi connectivity index (χ4v) is 2.21. The molecule has 0 amide bonds. The Kier molecular flexibility index (Phi) is 4.28. The van der Waals surface area contributed by atoms with Gasteiger partial charge in [-0.05, 0) is 12.8 Å². The second-order valence-electron chi connectivity index (χ2n) is 3.07. The smallest absolute Gasteiger partial charge is 0.117 e. The molecule has 80 valence electrons. The summed E-state index contributed by atoms with van der Waals surface area (Å²) >= 11 is 1.65. The second kappa shape index (κ2) is 5.26. The maximum Gasteiger partial charge on any atom is 0.117 e. The van der Waals surface area contributed by atoms with Crippen molar-refractivity contribution in [2.75, 3.05) is 18.1 Å². The van der Waals surface area contributed by atoms with Crippen molar-refractivity contribution in [2.24, 2.45) is 7.05 Å². The Bertz CT molecular complexity index is 298. The fraction of sp³-hybridized carbons (Fsp3) is 0.667. The van der Waals surface area contributed by atoms with Gasteiger partial charge in [-0.1, -0.05) is 6.92 Å². The van der Waals surface area contributed by atoms with E-state index in [1.165, 1.54) is 0 Å². The van der Waals surface area contributed by atoms with Crippen molar-refractivity contribution in [3.63, 3.8) is 0 Å². The van der Waals surface area contributed by atoms with Crippen molar-refractivity contribution in [3.8, 4) is 0 Å². The molecule has 0 aliphatic heterocycles. The third-order valence-corrected chi connectivity index (χ3v) is 3.23. The van der Waals surface area contributed by atoms with Gasteiger partial charge in [0.05, 0.1) is 11.4 Å². The van der Waals surface area contributed by atoms with E-state index in [1.54, 1.807) is 11.8 Å². The molecule has 0 fully saturated rings. The predicted octanol–water partition coefficient (Wildman–Crippen LogP) is 1.04. The zero-order chi connectivity index (χ0) is 10.6. The van der Waals surface area contributed by atoms with E-state index in [4.69, 9.17) is 10.8 Å². The number of anilines is 1.